The molecule has 2 nitrogen and oxygen atoms in total. The van der Waals surface area contributed by atoms with Crippen LogP contribution in [0.2, 0.25) is 0 Å². The van der Waals surface area contributed by atoms with E-state index in [0.29, 0.717) is 16.9 Å². The summed E-state index contributed by atoms with van der Waals surface area (Å²) >= 11 is 0. The van der Waals surface area contributed by atoms with E-state index in [1.165, 1.54) is 19.3 Å². The molecule has 0 radical (unpaired) electrons. The van der Waals surface area contributed by atoms with Gasteiger partial charge < -0.3 is 4.74 Å². The van der Waals surface area contributed by atoms with Crippen LogP contribution in [0.4, 0.5) is 0 Å². The van der Waals surface area contributed by atoms with Gasteiger partial charge in [0.1, 0.15) is 6.23 Å². The minimum Gasteiger partial charge on any atom is -0.360 e. The molecule has 0 aromatic heterocycles. The van der Waals surface area contributed by atoms with E-state index in [1.54, 1.807) is 0 Å². The summed E-state index contributed by atoms with van der Waals surface area (Å²) in [6.07, 6.45) is 4.75. The highest BCUT2D eigenvalue weighted by atomic mass is 16.5. The van der Waals surface area contributed by atoms with Crippen LogP contribution in [0.1, 0.15) is 60.8 Å². The number of nitrogens with zero attached hydrogens (tertiary/aromatic N) is 1. The monoisotopic (exact) mass is 253 g/mol. The van der Waals surface area contributed by atoms with Crippen LogP contribution in [-0.4, -0.2) is 30.3 Å². The zero-order valence-electron chi connectivity index (χ0n) is 13.1. The smallest absolute Gasteiger partial charge is 0.108 e. The molecule has 2 bridgehead atoms. The minimum absolute atomic E-state index is 0.261. The average Bonchev–Trinajstić information content (AvgIpc) is 2.63. The van der Waals surface area contributed by atoms with Gasteiger partial charge in [0, 0.05) is 0 Å². The molecule has 2 aliphatic carbocycles. The zero-order chi connectivity index (χ0) is 13.6. The van der Waals surface area contributed by atoms with Gasteiger partial charge in [-0.25, -0.2) is 0 Å². The van der Waals surface area contributed by atoms with Gasteiger partial charge in [-0.15, -0.1) is 0 Å². The molecule has 0 aromatic rings. The fourth-order valence-corrected chi connectivity index (χ4v) is 4.40. The van der Waals surface area contributed by atoms with Crippen molar-refractivity contribution >= 4 is 0 Å². The van der Waals surface area contributed by atoms with Crippen LogP contribution in [0.25, 0.3) is 0 Å². The van der Waals surface area contributed by atoms with Gasteiger partial charge in [0.15, 0.2) is 0 Å². The van der Waals surface area contributed by atoms with E-state index in [2.05, 4.69) is 46.4 Å². The summed E-state index contributed by atoms with van der Waals surface area (Å²) in [6, 6.07) is 0. The summed E-state index contributed by atoms with van der Waals surface area (Å²) in [5.41, 5.74) is 0.847. The Bertz CT molecular complexity index is 297. The predicted octanol–water partition coefficient (Wildman–Crippen LogP) is 3.91. The summed E-state index contributed by atoms with van der Waals surface area (Å²) in [6.45, 7) is 16.2. The van der Waals surface area contributed by atoms with E-state index in [1.807, 2.05) is 0 Å². The molecule has 2 aliphatic rings. The third-order valence-corrected chi connectivity index (χ3v) is 6.40. The lowest BCUT2D eigenvalue weighted by atomic mass is 9.70. The summed E-state index contributed by atoms with van der Waals surface area (Å²) in [5, 5.41) is 0. The standard InChI is InChI=1S/C16H31NO/c1-7-17(8-2)12(3)18-14-11-13-9-10-16(14,6)15(13,4)5/h12-14H,7-11H2,1-6H3. The van der Waals surface area contributed by atoms with Crippen LogP contribution in [0, 0.1) is 16.7 Å². The van der Waals surface area contributed by atoms with E-state index in [4.69, 9.17) is 4.74 Å². The van der Waals surface area contributed by atoms with Crippen molar-refractivity contribution in [3.8, 4) is 0 Å². The Labute approximate surface area is 113 Å². The Morgan fingerprint density at radius 1 is 1.22 bits per heavy atom. The van der Waals surface area contributed by atoms with Crippen LogP contribution < -0.4 is 0 Å². The maximum atomic E-state index is 6.45. The molecule has 4 unspecified atom stereocenters. The Hall–Kier alpha value is -0.0800. The highest BCUT2D eigenvalue weighted by molar-refractivity contribution is 5.11. The minimum atomic E-state index is 0.261. The first-order chi connectivity index (χ1) is 8.36. The highest BCUT2D eigenvalue weighted by Gasteiger charge is 2.62. The van der Waals surface area contributed by atoms with Crippen molar-refractivity contribution < 1.29 is 4.74 Å². The zero-order valence-corrected chi connectivity index (χ0v) is 13.1. The maximum Gasteiger partial charge on any atom is 0.108 e. The molecule has 0 heterocycles. The summed E-state index contributed by atoms with van der Waals surface area (Å²) in [4.78, 5) is 2.41. The fourth-order valence-electron chi connectivity index (χ4n) is 4.40. The average molecular weight is 253 g/mol. The molecular formula is C16H31NO. The third kappa shape index (κ3) is 1.92. The fraction of sp³-hybridized carbons (Fsp3) is 1.00. The molecule has 0 amide bonds. The molecule has 0 saturated heterocycles. The molecule has 106 valence electrons. The Kier molecular flexibility index (Phi) is 3.81. The SMILES string of the molecule is CCN(CC)C(C)OC1CC2CCC1(C)C2(C)C. The van der Waals surface area contributed by atoms with E-state index in [0.717, 1.165) is 19.0 Å². The van der Waals surface area contributed by atoms with E-state index in [9.17, 15) is 0 Å². The molecule has 0 spiro atoms. The Morgan fingerprint density at radius 2 is 1.83 bits per heavy atom. The van der Waals surface area contributed by atoms with E-state index < -0.39 is 0 Å². The Morgan fingerprint density at radius 3 is 2.22 bits per heavy atom. The number of fused-ring (bicyclic) bond motifs is 2. The molecule has 0 N–H and O–H groups in total. The first-order valence-electron chi connectivity index (χ1n) is 7.76. The van der Waals surface area contributed by atoms with E-state index in [-0.39, 0.29) is 6.23 Å². The molecule has 4 atom stereocenters. The first-order valence-corrected chi connectivity index (χ1v) is 7.76. The molecule has 2 saturated carbocycles. The summed E-state index contributed by atoms with van der Waals surface area (Å²) in [5.74, 6) is 0.872. The Balaban J connectivity index is 2.04. The second-order valence-corrected chi connectivity index (χ2v) is 7.06. The lowest BCUT2D eigenvalue weighted by Gasteiger charge is -2.41. The summed E-state index contributed by atoms with van der Waals surface area (Å²) in [7, 11) is 0. The highest BCUT2D eigenvalue weighted by Crippen LogP contribution is 2.66. The van der Waals surface area contributed by atoms with Crippen LogP contribution >= 0.6 is 0 Å². The molecule has 0 aliphatic heterocycles. The van der Waals surface area contributed by atoms with Crippen molar-refractivity contribution in [1.29, 1.82) is 0 Å². The lowest BCUT2D eigenvalue weighted by Crippen LogP contribution is -2.43. The number of hydrogen-bond donors (Lipinski definition) is 0. The molecular weight excluding hydrogens is 222 g/mol. The lowest BCUT2D eigenvalue weighted by molar-refractivity contribution is -0.133. The second-order valence-electron chi connectivity index (χ2n) is 7.06. The van der Waals surface area contributed by atoms with Crippen molar-refractivity contribution in [2.45, 2.75) is 73.1 Å². The predicted molar refractivity (Wildman–Crippen MR) is 76.5 cm³/mol. The first kappa shape index (κ1) is 14.3. The molecule has 18 heavy (non-hydrogen) atoms. The molecule has 2 rings (SSSR count). The normalized spacial score (nSPS) is 39.5. The van der Waals surface area contributed by atoms with Crippen LogP contribution in [0.5, 0.6) is 0 Å². The van der Waals surface area contributed by atoms with E-state index >= 15 is 0 Å². The van der Waals surface area contributed by atoms with Gasteiger partial charge in [0.2, 0.25) is 0 Å². The topological polar surface area (TPSA) is 12.5 Å². The molecule has 0 aromatic carbocycles. The van der Waals surface area contributed by atoms with Crippen LogP contribution in [-0.2, 0) is 4.74 Å². The number of ether oxygens (including phenoxy) is 1. The number of rotatable bonds is 5. The molecule has 2 heteroatoms. The van der Waals surface area contributed by atoms with Crippen molar-refractivity contribution in [2.75, 3.05) is 13.1 Å². The number of hydrogen-bond acceptors (Lipinski definition) is 2. The van der Waals surface area contributed by atoms with Gasteiger partial charge in [0.25, 0.3) is 0 Å². The van der Waals surface area contributed by atoms with Gasteiger partial charge in [-0.3, -0.25) is 4.90 Å². The largest absolute Gasteiger partial charge is 0.360 e. The maximum absolute atomic E-state index is 6.45. The van der Waals surface area contributed by atoms with Gasteiger partial charge in [-0.2, -0.15) is 0 Å². The van der Waals surface area contributed by atoms with Gasteiger partial charge in [0.05, 0.1) is 6.10 Å². The van der Waals surface area contributed by atoms with Crippen molar-refractivity contribution in [3.05, 3.63) is 0 Å². The van der Waals surface area contributed by atoms with Gasteiger partial charge >= 0.3 is 0 Å². The molecule has 2 fully saturated rings. The van der Waals surface area contributed by atoms with Crippen LogP contribution in [0.3, 0.4) is 0 Å². The van der Waals surface area contributed by atoms with Crippen molar-refractivity contribution in [2.24, 2.45) is 16.7 Å². The quantitative estimate of drug-likeness (QED) is 0.689. The summed E-state index contributed by atoms with van der Waals surface area (Å²) < 4.78 is 6.45. The van der Waals surface area contributed by atoms with Gasteiger partial charge in [-0.1, -0.05) is 34.6 Å². The van der Waals surface area contributed by atoms with Crippen molar-refractivity contribution in [3.63, 3.8) is 0 Å². The second kappa shape index (κ2) is 4.79. The van der Waals surface area contributed by atoms with Gasteiger partial charge in [-0.05, 0) is 56.0 Å². The third-order valence-electron chi connectivity index (χ3n) is 6.40. The van der Waals surface area contributed by atoms with Crippen molar-refractivity contribution in [1.82, 2.24) is 4.90 Å². The van der Waals surface area contributed by atoms with Crippen LogP contribution in [0.15, 0.2) is 0 Å².